The number of unbranched alkanes of at least 4 members (excludes halogenated alkanes) is 1. The first kappa shape index (κ1) is 13.3. The molecule has 4 heteroatoms. The Morgan fingerprint density at radius 2 is 2.00 bits per heavy atom. The van der Waals surface area contributed by atoms with Crippen molar-refractivity contribution in [2.75, 3.05) is 11.9 Å². The Labute approximate surface area is 109 Å². The quantitative estimate of drug-likeness (QED) is 0.611. The van der Waals surface area contributed by atoms with Gasteiger partial charge in [0, 0.05) is 21.9 Å². The van der Waals surface area contributed by atoms with Gasteiger partial charge in [0.2, 0.25) is 0 Å². The maximum absolute atomic E-state index is 6.04. The number of halogens is 3. The second-order valence-corrected chi connectivity index (χ2v) is 4.95. The van der Waals surface area contributed by atoms with Gasteiger partial charge < -0.3 is 5.32 Å². The molecule has 0 saturated heterocycles. The highest BCUT2D eigenvalue weighted by molar-refractivity contribution is 9.09. The molecular formula is C11H14BrCl2N. The van der Waals surface area contributed by atoms with Crippen molar-refractivity contribution in [3.8, 4) is 0 Å². The van der Waals surface area contributed by atoms with E-state index in [1.165, 1.54) is 12.8 Å². The maximum Gasteiger partial charge on any atom is 0.0465 e. The molecule has 1 rings (SSSR count). The Morgan fingerprint density at radius 1 is 1.20 bits per heavy atom. The third-order valence-electron chi connectivity index (χ3n) is 2.07. The first-order valence-corrected chi connectivity index (χ1v) is 6.82. The summed E-state index contributed by atoms with van der Waals surface area (Å²) >= 11 is 15.2. The van der Waals surface area contributed by atoms with Crippen molar-refractivity contribution in [3.05, 3.63) is 33.8 Å². The van der Waals surface area contributed by atoms with Gasteiger partial charge in [-0.05, 0) is 37.1 Å². The largest absolute Gasteiger partial charge is 0.313 e. The fourth-order valence-corrected chi connectivity index (χ4v) is 2.10. The van der Waals surface area contributed by atoms with Gasteiger partial charge in [-0.3, -0.25) is 0 Å². The topological polar surface area (TPSA) is 12.0 Å². The molecule has 0 spiro atoms. The van der Waals surface area contributed by atoms with Crippen LogP contribution in [0.4, 0.5) is 0 Å². The predicted octanol–water partition coefficient (Wildman–Crippen LogP) is 4.26. The third-order valence-corrected chi connectivity index (χ3v) is 3.22. The van der Waals surface area contributed by atoms with E-state index in [1.807, 2.05) is 12.1 Å². The van der Waals surface area contributed by atoms with Gasteiger partial charge in [0.1, 0.15) is 0 Å². The average Bonchev–Trinajstić information content (AvgIpc) is 2.20. The van der Waals surface area contributed by atoms with Crippen LogP contribution in [-0.4, -0.2) is 11.9 Å². The normalized spacial score (nSPS) is 10.6. The smallest absolute Gasteiger partial charge is 0.0465 e. The Balaban J connectivity index is 2.31. The standard InChI is InChI=1S/C11H14BrCl2N/c12-5-1-2-6-15-8-9-3-4-10(13)7-11(9)14/h3-4,7,15H,1-2,5-6,8H2. The van der Waals surface area contributed by atoms with Crippen LogP contribution in [0, 0.1) is 0 Å². The van der Waals surface area contributed by atoms with E-state index >= 15 is 0 Å². The zero-order valence-corrected chi connectivity index (χ0v) is 11.5. The lowest BCUT2D eigenvalue weighted by Crippen LogP contribution is -2.14. The van der Waals surface area contributed by atoms with Crippen molar-refractivity contribution < 1.29 is 0 Å². The SMILES string of the molecule is Clc1ccc(CNCCCCBr)c(Cl)c1. The van der Waals surface area contributed by atoms with Gasteiger partial charge in [-0.1, -0.05) is 45.2 Å². The molecule has 0 atom stereocenters. The molecule has 0 aliphatic rings. The highest BCUT2D eigenvalue weighted by atomic mass is 79.9. The van der Waals surface area contributed by atoms with Gasteiger partial charge in [0.15, 0.2) is 0 Å². The number of hydrogen-bond donors (Lipinski definition) is 1. The average molecular weight is 311 g/mol. The molecule has 1 nitrogen and oxygen atoms in total. The van der Waals surface area contributed by atoms with Gasteiger partial charge >= 0.3 is 0 Å². The summed E-state index contributed by atoms with van der Waals surface area (Å²) in [5.41, 5.74) is 1.10. The van der Waals surface area contributed by atoms with Gasteiger partial charge in [-0.25, -0.2) is 0 Å². The minimum atomic E-state index is 0.683. The highest BCUT2D eigenvalue weighted by Gasteiger charge is 2.00. The van der Waals surface area contributed by atoms with E-state index in [4.69, 9.17) is 23.2 Å². The van der Waals surface area contributed by atoms with Crippen molar-refractivity contribution >= 4 is 39.1 Å². The van der Waals surface area contributed by atoms with E-state index in [9.17, 15) is 0 Å². The van der Waals surface area contributed by atoms with Crippen LogP contribution in [0.2, 0.25) is 10.0 Å². The predicted molar refractivity (Wildman–Crippen MR) is 71.2 cm³/mol. The van der Waals surface area contributed by atoms with Gasteiger partial charge in [0.05, 0.1) is 0 Å². The monoisotopic (exact) mass is 309 g/mol. The Kier molecular flexibility index (Phi) is 6.66. The Morgan fingerprint density at radius 3 is 2.67 bits per heavy atom. The van der Waals surface area contributed by atoms with Crippen LogP contribution in [0.1, 0.15) is 18.4 Å². The van der Waals surface area contributed by atoms with E-state index in [2.05, 4.69) is 21.2 Å². The fraction of sp³-hybridized carbons (Fsp3) is 0.455. The zero-order valence-electron chi connectivity index (χ0n) is 8.40. The van der Waals surface area contributed by atoms with Crippen molar-refractivity contribution in [1.82, 2.24) is 5.32 Å². The molecule has 1 N–H and O–H groups in total. The molecule has 0 bridgehead atoms. The maximum atomic E-state index is 6.04. The van der Waals surface area contributed by atoms with Crippen LogP contribution >= 0.6 is 39.1 Å². The molecule has 84 valence electrons. The summed E-state index contributed by atoms with van der Waals surface area (Å²) in [7, 11) is 0. The molecule has 0 saturated carbocycles. The molecule has 0 unspecified atom stereocenters. The molecule has 0 aliphatic heterocycles. The molecular weight excluding hydrogens is 297 g/mol. The second kappa shape index (κ2) is 7.50. The number of nitrogens with one attached hydrogen (secondary N) is 1. The lowest BCUT2D eigenvalue weighted by molar-refractivity contribution is 0.645. The van der Waals surface area contributed by atoms with E-state index in [0.717, 1.165) is 29.0 Å². The number of alkyl halides is 1. The van der Waals surface area contributed by atoms with E-state index < -0.39 is 0 Å². The number of rotatable bonds is 6. The summed E-state index contributed by atoms with van der Waals surface area (Å²) in [6.07, 6.45) is 2.37. The lowest BCUT2D eigenvalue weighted by Gasteiger charge is -2.06. The van der Waals surface area contributed by atoms with Crippen LogP contribution in [0.15, 0.2) is 18.2 Å². The summed E-state index contributed by atoms with van der Waals surface area (Å²) in [5.74, 6) is 0. The van der Waals surface area contributed by atoms with Crippen LogP contribution in [0.25, 0.3) is 0 Å². The summed E-state index contributed by atoms with van der Waals surface area (Å²) < 4.78 is 0. The molecule has 15 heavy (non-hydrogen) atoms. The van der Waals surface area contributed by atoms with Crippen LogP contribution in [0.5, 0.6) is 0 Å². The molecule has 0 fully saturated rings. The molecule has 0 heterocycles. The number of benzene rings is 1. The molecule has 0 amide bonds. The van der Waals surface area contributed by atoms with Gasteiger partial charge in [0.25, 0.3) is 0 Å². The van der Waals surface area contributed by atoms with Crippen molar-refractivity contribution in [1.29, 1.82) is 0 Å². The van der Waals surface area contributed by atoms with Crippen LogP contribution in [0.3, 0.4) is 0 Å². The zero-order chi connectivity index (χ0) is 11.1. The van der Waals surface area contributed by atoms with E-state index in [1.54, 1.807) is 6.07 Å². The summed E-state index contributed by atoms with van der Waals surface area (Å²) in [5, 5.41) is 5.83. The van der Waals surface area contributed by atoms with Crippen LogP contribution in [-0.2, 0) is 6.54 Å². The van der Waals surface area contributed by atoms with Crippen molar-refractivity contribution in [2.45, 2.75) is 19.4 Å². The Bertz CT molecular complexity index is 305. The lowest BCUT2D eigenvalue weighted by atomic mass is 10.2. The van der Waals surface area contributed by atoms with Gasteiger partial charge in [-0.2, -0.15) is 0 Å². The molecule has 1 aromatic carbocycles. The molecule has 0 aromatic heterocycles. The Hall–Kier alpha value is 0.240. The number of hydrogen-bond acceptors (Lipinski definition) is 1. The highest BCUT2D eigenvalue weighted by Crippen LogP contribution is 2.20. The molecule has 0 aliphatic carbocycles. The first-order chi connectivity index (χ1) is 7.24. The molecule has 1 aromatic rings. The second-order valence-electron chi connectivity index (χ2n) is 3.31. The fourth-order valence-electron chi connectivity index (χ4n) is 1.23. The third kappa shape index (κ3) is 5.21. The minimum absolute atomic E-state index is 0.683. The van der Waals surface area contributed by atoms with E-state index in [-0.39, 0.29) is 0 Å². The van der Waals surface area contributed by atoms with Crippen molar-refractivity contribution in [2.24, 2.45) is 0 Å². The summed E-state index contributed by atoms with van der Waals surface area (Å²) in [6, 6.07) is 5.60. The van der Waals surface area contributed by atoms with E-state index in [0.29, 0.717) is 5.02 Å². The summed E-state index contributed by atoms with van der Waals surface area (Å²) in [6.45, 7) is 1.82. The first-order valence-electron chi connectivity index (χ1n) is 4.94. The molecule has 0 radical (unpaired) electrons. The summed E-state index contributed by atoms with van der Waals surface area (Å²) in [4.78, 5) is 0. The minimum Gasteiger partial charge on any atom is -0.313 e. The van der Waals surface area contributed by atoms with Gasteiger partial charge in [-0.15, -0.1) is 0 Å². The van der Waals surface area contributed by atoms with Crippen LogP contribution < -0.4 is 5.32 Å². The van der Waals surface area contributed by atoms with Crippen molar-refractivity contribution in [3.63, 3.8) is 0 Å².